The van der Waals surface area contributed by atoms with E-state index in [0.717, 1.165) is 0 Å². The van der Waals surface area contributed by atoms with Crippen LogP contribution < -0.4 is 5.73 Å². The van der Waals surface area contributed by atoms with Gasteiger partial charge in [0.1, 0.15) is 5.02 Å². The number of hydrogen-bond acceptors (Lipinski definition) is 9. The molecule has 12 heteroatoms. The number of nitrogens with zero attached hydrogens (tertiary/aromatic N) is 6. The monoisotopic (exact) mass is 439 g/mol. The fourth-order valence-electron chi connectivity index (χ4n) is 2.78. The molecule has 11 nitrogen and oxygen atoms in total. The number of fused-ring (bicyclic) bond motifs is 1. The minimum atomic E-state index is -1.66. The third-order valence-electron chi connectivity index (χ3n) is 4.24. The summed E-state index contributed by atoms with van der Waals surface area (Å²) in [5.41, 5.74) is 4.63. The molecule has 4 N–H and O–H groups in total. The summed E-state index contributed by atoms with van der Waals surface area (Å²) in [6.45, 7) is 3.03. The Morgan fingerprint density at radius 1 is 1.35 bits per heavy atom. The number of aromatic carboxylic acids is 1. The van der Waals surface area contributed by atoms with Crippen molar-refractivity contribution in [1.29, 1.82) is 0 Å². The molecule has 4 rings (SSSR count). The van der Waals surface area contributed by atoms with Crippen molar-refractivity contribution in [1.82, 2.24) is 29.9 Å². The molecule has 31 heavy (non-hydrogen) atoms. The summed E-state index contributed by atoms with van der Waals surface area (Å²) in [7, 11) is 0. The first-order valence-corrected chi connectivity index (χ1v) is 9.14. The molecule has 0 radical (unpaired) electrons. The van der Waals surface area contributed by atoms with Gasteiger partial charge in [-0.25, -0.2) is 14.5 Å². The predicted molar refractivity (Wildman–Crippen MR) is 109 cm³/mol. The standard InChI is InChI=1S/C19H14ClN7O4/c1-9-23-17(26-31-9)19(2,30)6-5-10-3-4-11-13(7-10)27(25-14(11)16(28)29)15-12(20)8-22-18(21)24-15/h3-4,7-8,30H,1-2H3,(H,28,29)(H2,21,22,24). The third-order valence-corrected chi connectivity index (χ3v) is 4.51. The summed E-state index contributed by atoms with van der Waals surface area (Å²) >= 11 is 6.18. The van der Waals surface area contributed by atoms with E-state index in [1.807, 2.05) is 0 Å². The van der Waals surface area contributed by atoms with Crippen molar-refractivity contribution in [3.8, 4) is 17.7 Å². The molecular formula is C19H14ClN7O4. The minimum absolute atomic E-state index is 0.0278. The first kappa shape index (κ1) is 20.3. The first-order valence-electron chi connectivity index (χ1n) is 8.76. The summed E-state index contributed by atoms with van der Waals surface area (Å²) in [6.07, 6.45) is 1.29. The zero-order valence-electron chi connectivity index (χ0n) is 16.2. The molecule has 0 spiro atoms. The van der Waals surface area contributed by atoms with Gasteiger partial charge in [0, 0.05) is 17.9 Å². The largest absolute Gasteiger partial charge is 0.476 e. The summed E-state index contributed by atoms with van der Waals surface area (Å²) in [5, 5.41) is 28.3. The molecule has 0 aliphatic rings. The molecule has 1 aromatic carbocycles. The van der Waals surface area contributed by atoms with Crippen LogP contribution in [0.4, 0.5) is 5.95 Å². The van der Waals surface area contributed by atoms with E-state index in [4.69, 9.17) is 21.9 Å². The smallest absolute Gasteiger partial charge is 0.357 e. The van der Waals surface area contributed by atoms with Crippen LogP contribution in [0.5, 0.6) is 0 Å². The SMILES string of the molecule is Cc1nc(C(C)(O)C#Cc2ccc3c(C(=O)O)nn(-c4nc(N)ncc4Cl)c3c2)no1. The average Bonchev–Trinajstić information content (AvgIpc) is 3.32. The zero-order valence-corrected chi connectivity index (χ0v) is 16.9. The third kappa shape index (κ3) is 3.77. The van der Waals surface area contributed by atoms with Crippen molar-refractivity contribution in [3.05, 3.63) is 52.4 Å². The average molecular weight is 440 g/mol. The van der Waals surface area contributed by atoms with E-state index >= 15 is 0 Å². The number of carboxylic acid groups (broad SMARTS) is 1. The summed E-state index contributed by atoms with van der Waals surface area (Å²) < 4.78 is 6.14. The van der Waals surface area contributed by atoms with E-state index in [1.54, 1.807) is 25.1 Å². The highest BCUT2D eigenvalue weighted by molar-refractivity contribution is 6.32. The van der Waals surface area contributed by atoms with Crippen LogP contribution in [0.25, 0.3) is 16.7 Å². The fraction of sp³-hybridized carbons (Fsp3) is 0.158. The topological polar surface area (TPSA) is 166 Å². The molecule has 0 amide bonds. The molecule has 4 aromatic rings. The van der Waals surface area contributed by atoms with Gasteiger partial charge in [-0.15, -0.1) is 0 Å². The molecule has 0 saturated heterocycles. The van der Waals surface area contributed by atoms with Gasteiger partial charge in [0.15, 0.2) is 17.1 Å². The molecule has 0 bridgehead atoms. The lowest BCUT2D eigenvalue weighted by molar-refractivity contribution is 0.0692. The molecule has 3 heterocycles. The van der Waals surface area contributed by atoms with Crippen LogP contribution in [0.1, 0.15) is 34.7 Å². The number of anilines is 1. The zero-order chi connectivity index (χ0) is 22.3. The molecule has 156 valence electrons. The number of benzene rings is 1. The van der Waals surface area contributed by atoms with Gasteiger partial charge in [-0.05, 0) is 25.1 Å². The van der Waals surface area contributed by atoms with Crippen LogP contribution in [0.3, 0.4) is 0 Å². The van der Waals surface area contributed by atoms with Gasteiger partial charge in [0.25, 0.3) is 0 Å². The number of carboxylic acids is 1. The number of aryl methyl sites for hydroxylation is 1. The van der Waals surface area contributed by atoms with Crippen molar-refractivity contribution in [2.75, 3.05) is 5.73 Å². The highest BCUT2D eigenvalue weighted by Gasteiger charge is 2.26. The van der Waals surface area contributed by atoms with Gasteiger partial charge in [0.2, 0.25) is 17.7 Å². The second-order valence-electron chi connectivity index (χ2n) is 6.66. The molecule has 0 aliphatic heterocycles. The Bertz CT molecular complexity index is 1400. The Balaban J connectivity index is 1.86. The van der Waals surface area contributed by atoms with Gasteiger partial charge >= 0.3 is 5.97 Å². The number of halogens is 1. The number of nitrogens with two attached hydrogens (primary N) is 1. The molecule has 0 aliphatic carbocycles. The number of hydrogen-bond donors (Lipinski definition) is 3. The normalized spacial score (nSPS) is 12.9. The molecule has 0 fully saturated rings. The minimum Gasteiger partial charge on any atom is -0.476 e. The highest BCUT2D eigenvalue weighted by Crippen LogP contribution is 2.26. The lowest BCUT2D eigenvalue weighted by Gasteiger charge is -2.10. The number of rotatable bonds is 3. The van der Waals surface area contributed by atoms with Gasteiger partial charge in [-0.2, -0.15) is 15.1 Å². The second kappa shape index (κ2) is 7.35. The van der Waals surface area contributed by atoms with E-state index in [2.05, 4.69) is 37.0 Å². The Morgan fingerprint density at radius 3 is 2.81 bits per heavy atom. The lowest BCUT2D eigenvalue weighted by Crippen LogP contribution is -2.20. The van der Waals surface area contributed by atoms with Crippen molar-refractivity contribution < 1.29 is 19.5 Å². The van der Waals surface area contributed by atoms with Gasteiger partial charge in [-0.1, -0.05) is 28.6 Å². The number of carbonyl (C=O) groups is 1. The van der Waals surface area contributed by atoms with Crippen LogP contribution in [0, 0.1) is 18.8 Å². The maximum Gasteiger partial charge on any atom is 0.357 e. The van der Waals surface area contributed by atoms with Crippen molar-refractivity contribution in [3.63, 3.8) is 0 Å². The molecule has 1 unspecified atom stereocenters. The Kier molecular flexibility index (Phi) is 4.81. The summed E-state index contributed by atoms with van der Waals surface area (Å²) in [4.78, 5) is 23.5. The van der Waals surface area contributed by atoms with E-state index in [0.29, 0.717) is 22.4 Å². The number of aromatic nitrogens is 6. The van der Waals surface area contributed by atoms with Crippen LogP contribution in [0.2, 0.25) is 5.02 Å². The van der Waals surface area contributed by atoms with Crippen LogP contribution >= 0.6 is 11.6 Å². The molecular weight excluding hydrogens is 426 g/mol. The Labute approximate surface area is 179 Å². The highest BCUT2D eigenvalue weighted by atomic mass is 35.5. The van der Waals surface area contributed by atoms with Crippen LogP contribution in [-0.4, -0.2) is 46.1 Å². The fourth-order valence-corrected chi connectivity index (χ4v) is 2.95. The number of aliphatic hydroxyl groups is 1. The Hall–Kier alpha value is -4.01. The molecule has 1 atom stereocenters. The quantitative estimate of drug-likeness (QED) is 0.399. The molecule has 0 saturated carbocycles. The van der Waals surface area contributed by atoms with Gasteiger partial charge < -0.3 is 20.5 Å². The van der Waals surface area contributed by atoms with Crippen LogP contribution in [0.15, 0.2) is 28.9 Å². The Morgan fingerprint density at radius 2 is 2.13 bits per heavy atom. The van der Waals surface area contributed by atoms with Crippen molar-refractivity contribution in [2.24, 2.45) is 0 Å². The lowest BCUT2D eigenvalue weighted by atomic mass is 10.1. The second-order valence-corrected chi connectivity index (χ2v) is 7.06. The molecule has 3 aromatic heterocycles. The summed E-state index contributed by atoms with van der Waals surface area (Å²) in [6, 6.07) is 4.74. The number of nitrogen functional groups attached to an aromatic ring is 1. The van der Waals surface area contributed by atoms with E-state index in [-0.39, 0.29) is 28.3 Å². The van der Waals surface area contributed by atoms with Gasteiger partial charge in [-0.3, -0.25) is 0 Å². The van der Waals surface area contributed by atoms with E-state index in [1.165, 1.54) is 17.8 Å². The van der Waals surface area contributed by atoms with E-state index < -0.39 is 11.6 Å². The predicted octanol–water partition coefficient (Wildman–Crippen LogP) is 1.70. The maximum atomic E-state index is 11.7. The van der Waals surface area contributed by atoms with Crippen molar-refractivity contribution in [2.45, 2.75) is 19.4 Å². The van der Waals surface area contributed by atoms with E-state index in [9.17, 15) is 15.0 Å². The van der Waals surface area contributed by atoms with Crippen molar-refractivity contribution >= 4 is 34.4 Å². The van der Waals surface area contributed by atoms with Gasteiger partial charge in [0.05, 0.1) is 11.7 Å². The maximum absolute atomic E-state index is 11.7. The van der Waals surface area contributed by atoms with Crippen LogP contribution in [-0.2, 0) is 5.60 Å². The first-order chi connectivity index (χ1) is 14.7. The summed E-state index contributed by atoms with van der Waals surface area (Å²) in [5.74, 6) is 4.67.